The number of rotatable bonds is 5. The zero-order valence-electron chi connectivity index (χ0n) is 23.2. The van der Waals surface area contributed by atoms with Crippen LogP contribution in [0.15, 0.2) is 56.7 Å². The number of nitrogens with zero attached hydrogens (tertiary/aromatic N) is 4. The number of benzene rings is 1. The minimum atomic E-state index is -4.51. The summed E-state index contributed by atoms with van der Waals surface area (Å²) in [5.74, 6) is -0.838. The first kappa shape index (κ1) is 28.4. The Labute approximate surface area is 239 Å². The second-order valence-electron chi connectivity index (χ2n) is 11.1. The summed E-state index contributed by atoms with van der Waals surface area (Å²) in [5.41, 5.74) is 0.201. The van der Waals surface area contributed by atoms with Crippen molar-refractivity contribution in [2.45, 2.75) is 63.2 Å². The first-order valence-electron chi connectivity index (χ1n) is 14.5. The van der Waals surface area contributed by atoms with E-state index in [4.69, 9.17) is 4.42 Å². The van der Waals surface area contributed by atoms with Gasteiger partial charge >= 0.3 is 11.9 Å². The van der Waals surface area contributed by atoms with Crippen molar-refractivity contribution in [1.82, 2.24) is 30.0 Å². The van der Waals surface area contributed by atoms with Gasteiger partial charge in [-0.1, -0.05) is 25.7 Å². The van der Waals surface area contributed by atoms with Crippen LogP contribution in [0.3, 0.4) is 0 Å². The molecule has 2 saturated heterocycles. The average molecular weight is 583 g/mol. The number of fused-ring (bicyclic) bond motifs is 1. The Bertz CT molecular complexity index is 1620. The Morgan fingerprint density at radius 2 is 1.48 bits per heavy atom. The molecule has 12 heteroatoms. The zero-order valence-corrected chi connectivity index (χ0v) is 23.2. The van der Waals surface area contributed by atoms with Crippen LogP contribution in [0.4, 0.5) is 13.2 Å². The highest BCUT2D eigenvalue weighted by molar-refractivity contribution is 5.82. The van der Waals surface area contributed by atoms with E-state index in [1.54, 1.807) is 18.2 Å². The summed E-state index contributed by atoms with van der Waals surface area (Å²) in [6.07, 6.45) is 6.33. The molecule has 0 atom stereocenters. The molecule has 0 radical (unpaired) electrons. The van der Waals surface area contributed by atoms with Crippen LogP contribution in [0.5, 0.6) is 0 Å². The number of nitrogens with one attached hydrogen (secondary N) is 2. The highest BCUT2D eigenvalue weighted by atomic mass is 19.4. The molecule has 0 saturated carbocycles. The lowest BCUT2D eigenvalue weighted by atomic mass is 9.88. The summed E-state index contributed by atoms with van der Waals surface area (Å²) in [4.78, 5) is 35.8. The molecule has 0 amide bonds. The van der Waals surface area contributed by atoms with Crippen LogP contribution >= 0.6 is 0 Å². The lowest BCUT2D eigenvalue weighted by Crippen LogP contribution is -2.60. The molecule has 0 bridgehead atoms. The molecule has 2 aliphatic heterocycles. The van der Waals surface area contributed by atoms with E-state index < -0.39 is 28.7 Å². The van der Waals surface area contributed by atoms with Gasteiger partial charge in [0.05, 0.1) is 22.3 Å². The van der Waals surface area contributed by atoms with E-state index in [0.29, 0.717) is 17.0 Å². The summed E-state index contributed by atoms with van der Waals surface area (Å²) >= 11 is 0. The maximum absolute atomic E-state index is 13.6. The second-order valence-corrected chi connectivity index (χ2v) is 11.1. The van der Waals surface area contributed by atoms with Gasteiger partial charge in [0.15, 0.2) is 0 Å². The van der Waals surface area contributed by atoms with Gasteiger partial charge in [-0.25, -0.2) is 4.79 Å². The van der Waals surface area contributed by atoms with Crippen LogP contribution in [-0.4, -0.2) is 56.1 Å². The normalized spacial score (nSPS) is 18.2. The Morgan fingerprint density at radius 3 is 2.05 bits per heavy atom. The van der Waals surface area contributed by atoms with Crippen LogP contribution in [0, 0.1) is 0 Å². The highest BCUT2D eigenvalue weighted by Crippen LogP contribution is 2.45. The van der Waals surface area contributed by atoms with E-state index in [1.165, 1.54) is 6.07 Å². The van der Waals surface area contributed by atoms with Crippen LogP contribution in [-0.2, 0) is 11.8 Å². The molecule has 5 heterocycles. The number of aromatic nitrogens is 4. The first-order chi connectivity index (χ1) is 20.3. The van der Waals surface area contributed by atoms with Crippen molar-refractivity contribution in [1.29, 1.82) is 0 Å². The van der Waals surface area contributed by atoms with Gasteiger partial charge in [0.1, 0.15) is 11.2 Å². The number of hydrogen-bond donors (Lipinski definition) is 2. The monoisotopic (exact) mass is 582 g/mol. The molecule has 4 aromatic rings. The Balaban J connectivity index is 1.61. The summed E-state index contributed by atoms with van der Waals surface area (Å²) in [6.45, 7) is 2.97. The smallest absolute Gasteiger partial charge is 0.409 e. The Kier molecular flexibility index (Phi) is 7.75. The molecule has 222 valence electrons. The standard InChI is InChI=1S/C30H33F3N6O3/c31-30(32,33)21-10-12-25(34-18-21)29(38-13-5-1-2-6-14-38,39-15-7-3-4-8-16-39)23-19-35-37-26(23)20-9-11-24-22(17-20)27(40)36-28(41)42-24/h9-12,17-19H,1-8,13-16H2,(H,35,37)(H,36,40,41). The third kappa shape index (κ3) is 5.17. The maximum atomic E-state index is 13.6. The largest absolute Gasteiger partial charge is 0.419 e. The molecular weight excluding hydrogens is 549 g/mol. The van der Waals surface area contributed by atoms with E-state index in [1.807, 2.05) is 6.20 Å². The first-order valence-corrected chi connectivity index (χ1v) is 14.5. The summed E-state index contributed by atoms with van der Waals surface area (Å²) < 4.78 is 46.1. The SMILES string of the molecule is O=c1[nH]c(=O)c2cc(-c3n[nH]cc3C(c3ccc(C(F)(F)F)cn3)(N3CCCCCC3)N3CCCCCC3)ccc2o1. The molecule has 1 aromatic carbocycles. The average Bonchev–Trinajstić information content (AvgIpc) is 3.14. The van der Waals surface area contributed by atoms with Gasteiger partial charge in [0, 0.05) is 49.7 Å². The van der Waals surface area contributed by atoms with Gasteiger partial charge in [-0.05, 0) is 56.0 Å². The predicted octanol–water partition coefficient (Wildman–Crippen LogP) is 5.24. The van der Waals surface area contributed by atoms with Crippen molar-refractivity contribution in [3.63, 3.8) is 0 Å². The predicted molar refractivity (Wildman–Crippen MR) is 151 cm³/mol. The Hall–Kier alpha value is -3.77. The van der Waals surface area contributed by atoms with Gasteiger partial charge in [-0.15, -0.1) is 0 Å². The van der Waals surface area contributed by atoms with Crippen molar-refractivity contribution in [2.24, 2.45) is 0 Å². The molecule has 0 spiro atoms. The van der Waals surface area contributed by atoms with Gasteiger partial charge in [-0.2, -0.15) is 18.3 Å². The van der Waals surface area contributed by atoms with Crippen LogP contribution in [0.1, 0.15) is 68.2 Å². The molecule has 42 heavy (non-hydrogen) atoms. The van der Waals surface area contributed by atoms with Crippen LogP contribution in [0.25, 0.3) is 22.2 Å². The molecule has 2 N–H and O–H groups in total. The molecule has 9 nitrogen and oxygen atoms in total. The van der Waals surface area contributed by atoms with E-state index in [2.05, 4.69) is 30.0 Å². The van der Waals surface area contributed by atoms with Gasteiger partial charge < -0.3 is 4.42 Å². The van der Waals surface area contributed by atoms with Crippen LogP contribution < -0.4 is 11.3 Å². The number of H-pyrrole nitrogens is 2. The fourth-order valence-corrected chi connectivity index (χ4v) is 6.56. The molecule has 3 aromatic heterocycles. The van der Waals surface area contributed by atoms with Gasteiger partial charge in [-0.3, -0.25) is 29.7 Å². The van der Waals surface area contributed by atoms with Crippen molar-refractivity contribution in [3.8, 4) is 11.3 Å². The zero-order chi connectivity index (χ0) is 29.3. The van der Waals surface area contributed by atoms with Gasteiger partial charge in [0.2, 0.25) is 0 Å². The fraction of sp³-hybridized carbons (Fsp3) is 0.467. The van der Waals surface area contributed by atoms with E-state index >= 15 is 0 Å². The number of aromatic amines is 2. The summed E-state index contributed by atoms with van der Waals surface area (Å²) in [7, 11) is 0. The quantitative estimate of drug-likeness (QED) is 0.331. The molecular formula is C30H33F3N6O3. The number of pyridine rings is 1. The van der Waals surface area contributed by atoms with E-state index in [-0.39, 0.29) is 11.0 Å². The molecule has 6 rings (SSSR count). The van der Waals surface area contributed by atoms with E-state index in [0.717, 1.165) is 95.4 Å². The minimum Gasteiger partial charge on any atom is -0.409 e. The van der Waals surface area contributed by atoms with Crippen molar-refractivity contribution >= 4 is 11.0 Å². The molecule has 2 fully saturated rings. The third-order valence-corrected chi connectivity index (χ3v) is 8.51. The lowest BCUT2D eigenvalue weighted by molar-refractivity contribution is -0.137. The maximum Gasteiger partial charge on any atom is 0.419 e. The van der Waals surface area contributed by atoms with E-state index in [9.17, 15) is 22.8 Å². The third-order valence-electron chi connectivity index (χ3n) is 8.51. The summed E-state index contributed by atoms with van der Waals surface area (Å²) in [6, 6.07) is 7.56. The van der Waals surface area contributed by atoms with Crippen molar-refractivity contribution in [2.75, 3.05) is 26.2 Å². The number of likely N-dealkylation sites (tertiary alicyclic amines) is 2. The number of alkyl halides is 3. The van der Waals surface area contributed by atoms with Crippen LogP contribution in [0.2, 0.25) is 0 Å². The minimum absolute atomic E-state index is 0.153. The van der Waals surface area contributed by atoms with Crippen molar-refractivity contribution < 1.29 is 17.6 Å². The summed E-state index contributed by atoms with van der Waals surface area (Å²) in [5, 5.41) is 7.85. The number of hydrogen-bond acceptors (Lipinski definition) is 7. The highest BCUT2D eigenvalue weighted by Gasteiger charge is 2.49. The molecule has 0 unspecified atom stereocenters. The second kappa shape index (κ2) is 11.5. The topological polar surface area (TPSA) is 111 Å². The molecule has 0 aliphatic carbocycles. The lowest BCUT2D eigenvalue weighted by Gasteiger charge is -2.50. The van der Waals surface area contributed by atoms with Gasteiger partial charge in [0.25, 0.3) is 5.56 Å². The number of halogens is 3. The fourth-order valence-electron chi connectivity index (χ4n) is 6.56. The van der Waals surface area contributed by atoms with Crippen molar-refractivity contribution in [3.05, 3.63) is 80.5 Å². The Morgan fingerprint density at radius 1 is 0.833 bits per heavy atom. The molecule has 2 aliphatic rings.